The van der Waals surface area contributed by atoms with Crippen molar-refractivity contribution in [3.63, 3.8) is 0 Å². The van der Waals surface area contributed by atoms with Crippen LogP contribution in [0.2, 0.25) is 5.02 Å². The van der Waals surface area contributed by atoms with E-state index in [0.717, 1.165) is 4.47 Å². The van der Waals surface area contributed by atoms with Gasteiger partial charge in [-0.1, -0.05) is 39.7 Å². The summed E-state index contributed by atoms with van der Waals surface area (Å²) in [5.41, 5.74) is 1.18. The van der Waals surface area contributed by atoms with E-state index in [2.05, 4.69) is 15.9 Å². The van der Waals surface area contributed by atoms with Crippen molar-refractivity contribution in [2.75, 3.05) is 0 Å². The van der Waals surface area contributed by atoms with Gasteiger partial charge in [0, 0.05) is 22.7 Å². The molecule has 0 unspecified atom stereocenters. The fourth-order valence-corrected chi connectivity index (χ4v) is 2.87. The van der Waals surface area contributed by atoms with Crippen molar-refractivity contribution in [1.29, 1.82) is 0 Å². The third-order valence-corrected chi connectivity index (χ3v) is 3.63. The molecule has 7 heteroatoms. The maximum absolute atomic E-state index is 11.9. The second kappa shape index (κ2) is 7.39. The number of non-ortho nitro benzene ring substituents is 1. The van der Waals surface area contributed by atoms with Crippen LogP contribution in [0.1, 0.15) is 11.1 Å². The number of nitro benzene ring substituents is 1. The summed E-state index contributed by atoms with van der Waals surface area (Å²) in [5, 5.41) is 11.0. The van der Waals surface area contributed by atoms with E-state index in [1.807, 2.05) is 0 Å². The number of esters is 1. The highest BCUT2D eigenvalue weighted by Gasteiger charge is 2.11. The molecule has 0 heterocycles. The minimum absolute atomic E-state index is 0.0488. The van der Waals surface area contributed by atoms with Crippen molar-refractivity contribution in [3.8, 4) is 5.75 Å². The molecular formula is C16H11BrClNO4. The molecular weight excluding hydrogens is 386 g/mol. The molecule has 2 aromatic rings. The van der Waals surface area contributed by atoms with Crippen LogP contribution in [-0.4, -0.2) is 10.9 Å². The normalized spacial score (nSPS) is 10.7. The van der Waals surface area contributed by atoms with Crippen LogP contribution in [0, 0.1) is 17.0 Å². The van der Waals surface area contributed by atoms with Gasteiger partial charge in [-0.2, -0.15) is 0 Å². The number of hydrogen-bond donors (Lipinski definition) is 0. The van der Waals surface area contributed by atoms with Crippen molar-refractivity contribution in [1.82, 2.24) is 0 Å². The van der Waals surface area contributed by atoms with Gasteiger partial charge in [0.15, 0.2) is 5.75 Å². The molecule has 0 fully saturated rings. The van der Waals surface area contributed by atoms with Crippen LogP contribution in [0.3, 0.4) is 0 Å². The Morgan fingerprint density at radius 1 is 1.35 bits per heavy atom. The first-order valence-corrected chi connectivity index (χ1v) is 7.64. The monoisotopic (exact) mass is 395 g/mol. The van der Waals surface area contributed by atoms with E-state index >= 15 is 0 Å². The van der Waals surface area contributed by atoms with Gasteiger partial charge in [0.25, 0.3) is 5.69 Å². The topological polar surface area (TPSA) is 69.4 Å². The Hall–Kier alpha value is -2.18. The first kappa shape index (κ1) is 17.2. The lowest BCUT2D eigenvalue weighted by atomic mass is 10.2. The van der Waals surface area contributed by atoms with Gasteiger partial charge in [-0.05, 0) is 36.3 Å². The molecule has 0 radical (unpaired) electrons. The summed E-state index contributed by atoms with van der Waals surface area (Å²) in [7, 11) is 0. The smallest absolute Gasteiger partial charge is 0.336 e. The molecule has 2 aromatic carbocycles. The molecule has 5 nitrogen and oxygen atoms in total. The summed E-state index contributed by atoms with van der Waals surface area (Å²) >= 11 is 9.34. The van der Waals surface area contributed by atoms with Gasteiger partial charge in [-0.3, -0.25) is 10.1 Å². The third-order valence-electron chi connectivity index (χ3n) is 2.89. The summed E-state index contributed by atoms with van der Waals surface area (Å²) in [6.07, 6.45) is 2.63. The van der Waals surface area contributed by atoms with Gasteiger partial charge >= 0.3 is 5.97 Å². The second-order valence-corrected chi connectivity index (χ2v) is 5.96. The van der Waals surface area contributed by atoms with Crippen LogP contribution in [0.5, 0.6) is 5.75 Å². The Morgan fingerprint density at radius 2 is 2.09 bits per heavy atom. The van der Waals surface area contributed by atoms with Crippen LogP contribution in [-0.2, 0) is 4.79 Å². The number of nitrogens with zero attached hydrogens (tertiary/aromatic N) is 1. The van der Waals surface area contributed by atoms with Gasteiger partial charge in [0.05, 0.1) is 9.95 Å². The Balaban J connectivity index is 2.14. The van der Waals surface area contributed by atoms with E-state index in [1.165, 1.54) is 24.3 Å². The van der Waals surface area contributed by atoms with E-state index in [-0.39, 0.29) is 11.4 Å². The lowest BCUT2D eigenvalue weighted by Crippen LogP contribution is -2.05. The highest BCUT2D eigenvalue weighted by atomic mass is 79.9. The molecule has 2 rings (SSSR count). The molecule has 0 aliphatic heterocycles. The maximum Gasteiger partial charge on any atom is 0.336 e. The Morgan fingerprint density at radius 3 is 2.74 bits per heavy atom. The average Bonchev–Trinajstić information content (AvgIpc) is 2.49. The van der Waals surface area contributed by atoms with Crippen molar-refractivity contribution in [2.45, 2.75) is 6.92 Å². The van der Waals surface area contributed by atoms with Crippen LogP contribution in [0.25, 0.3) is 6.08 Å². The van der Waals surface area contributed by atoms with Crippen LogP contribution >= 0.6 is 27.5 Å². The second-order valence-electron chi connectivity index (χ2n) is 4.64. The SMILES string of the molecule is Cc1cc(Br)cc(Cl)c1OC(=O)/C=C/c1cccc([N+](=O)[O-])c1. The van der Waals surface area contributed by atoms with Crippen LogP contribution in [0.4, 0.5) is 5.69 Å². The fourth-order valence-electron chi connectivity index (χ4n) is 1.86. The predicted octanol–water partition coefficient (Wildman–Crippen LogP) is 4.94. The molecule has 23 heavy (non-hydrogen) atoms. The molecule has 0 aromatic heterocycles. The number of ether oxygens (including phenoxy) is 1. The van der Waals surface area contributed by atoms with Gasteiger partial charge < -0.3 is 4.74 Å². The number of carbonyl (C=O) groups excluding carboxylic acids is 1. The number of rotatable bonds is 4. The van der Waals surface area contributed by atoms with Gasteiger partial charge in [0.1, 0.15) is 0 Å². The number of hydrogen-bond acceptors (Lipinski definition) is 4. The summed E-state index contributed by atoms with van der Waals surface area (Å²) in [5.74, 6) is -0.340. The molecule has 0 amide bonds. The number of benzene rings is 2. The van der Waals surface area contributed by atoms with Crippen molar-refractivity contribution in [3.05, 3.63) is 73.2 Å². The summed E-state index contributed by atoms with van der Waals surface area (Å²) in [6, 6.07) is 9.33. The Bertz CT molecular complexity index is 781. The summed E-state index contributed by atoms with van der Waals surface area (Å²) in [6.45, 7) is 1.77. The first-order valence-electron chi connectivity index (χ1n) is 6.47. The molecule has 118 valence electrons. The van der Waals surface area contributed by atoms with Crippen molar-refractivity contribution in [2.24, 2.45) is 0 Å². The Kier molecular flexibility index (Phi) is 5.52. The lowest BCUT2D eigenvalue weighted by molar-refractivity contribution is -0.384. The summed E-state index contributed by atoms with van der Waals surface area (Å²) in [4.78, 5) is 22.1. The van der Waals surface area contributed by atoms with Crippen molar-refractivity contribution < 1.29 is 14.5 Å². The average molecular weight is 397 g/mol. The molecule has 0 bridgehead atoms. The fraction of sp³-hybridized carbons (Fsp3) is 0.0625. The van der Waals surface area contributed by atoms with E-state index in [9.17, 15) is 14.9 Å². The molecule has 0 N–H and O–H groups in total. The van der Waals surface area contributed by atoms with Crippen LogP contribution in [0.15, 0.2) is 46.9 Å². The third kappa shape index (κ3) is 4.64. The molecule has 0 aliphatic carbocycles. The summed E-state index contributed by atoms with van der Waals surface area (Å²) < 4.78 is 6.00. The molecule has 0 saturated heterocycles. The standard InChI is InChI=1S/C16H11BrClNO4/c1-10-7-12(17)9-14(18)16(10)23-15(20)6-5-11-3-2-4-13(8-11)19(21)22/h2-9H,1H3/b6-5+. The lowest BCUT2D eigenvalue weighted by Gasteiger charge is -2.08. The number of aryl methyl sites for hydroxylation is 1. The van der Waals surface area contributed by atoms with E-state index in [0.29, 0.717) is 16.1 Å². The molecule has 0 aliphatic rings. The highest BCUT2D eigenvalue weighted by molar-refractivity contribution is 9.10. The predicted molar refractivity (Wildman–Crippen MR) is 91.7 cm³/mol. The minimum Gasteiger partial charge on any atom is -0.421 e. The quantitative estimate of drug-likeness (QED) is 0.241. The number of halogens is 2. The van der Waals surface area contributed by atoms with E-state index in [4.69, 9.17) is 16.3 Å². The van der Waals surface area contributed by atoms with E-state index in [1.54, 1.807) is 31.2 Å². The largest absolute Gasteiger partial charge is 0.421 e. The zero-order valence-corrected chi connectivity index (χ0v) is 14.3. The van der Waals surface area contributed by atoms with E-state index < -0.39 is 10.9 Å². The zero-order chi connectivity index (χ0) is 17.0. The Labute approximate surface area is 145 Å². The van der Waals surface area contributed by atoms with Crippen molar-refractivity contribution >= 4 is 45.3 Å². The highest BCUT2D eigenvalue weighted by Crippen LogP contribution is 2.32. The molecule has 0 saturated carbocycles. The molecule has 0 spiro atoms. The van der Waals surface area contributed by atoms with Gasteiger partial charge in [0.2, 0.25) is 0 Å². The molecule has 0 atom stereocenters. The maximum atomic E-state index is 11.9. The van der Waals surface area contributed by atoms with Crippen LogP contribution < -0.4 is 4.74 Å². The zero-order valence-electron chi connectivity index (χ0n) is 12.0. The first-order chi connectivity index (χ1) is 10.9. The van der Waals surface area contributed by atoms with Gasteiger partial charge in [-0.15, -0.1) is 0 Å². The number of nitro groups is 1. The number of carbonyl (C=O) groups is 1. The van der Waals surface area contributed by atoms with Gasteiger partial charge in [-0.25, -0.2) is 4.79 Å². The minimum atomic E-state index is -0.621.